The average Bonchev–Trinajstić information content (AvgIpc) is 2.39. The van der Waals surface area contributed by atoms with Crippen LogP contribution in [0.2, 0.25) is 0 Å². The first-order valence-corrected chi connectivity index (χ1v) is 5.78. The lowest BCUT2D eigenvalue weighted by molar-refractivity contribution is -0.141. The maximum Gasteiger partial charge on any atom is 0.307 e. The Morgan fingerprint density at radius 2 is 1.95 bits per heavy atom. The van der Waals surface area contributed by atoms with E-state index in [1.54, 1.807) is 0 Å². The highest BCUT2D eigenvalue weighted by Crippen LogP contribution is 2.17. The largest absolute Gasteiger partial charge is 0.469 e. The number of carbonyl (C=O) groups is 2. The lowest BCUT2D eigenvalue weighted by atomic mass is 10.0. The fraction of sp³-hybridized carbons (Fsp3) is 0.385. The van der Waals surface area contributed by atoms with Crippen LogP contribution < -0.4 is 11.1 Å². The number of halogens is 1. The zero-order valence-electron chi connectivity index (χ0n) is 10.8. The number of nitrogens with two attached hydrogens (primary N) is 1. The molecule has 0 spiro atoms. The van der Waals surface area contributed by atoms with E-state index in [0.29, 0.717) is 0 Å². The molecule has 0 bridgehead atoms. The van der Waals surface area contributed by atoms with Gasteiger partial charge in [-0.3, -0.25) is 9.59 Å². The van der Waals surface area contributed by atoms with Gasteiger partial charge >= 0.3 is 5.97 Å². The Morgan fingerprint density at radius 1 is 1.32 bits per heavy atom. The third-order valence-electron chi connectivity index (χ3n) is 2.51. The summed E-state index contributed by atoms with van der Waals surface area (Å²) >= 11 is 0. The van der Waals surface area contributed by atoms with Crippen molar-refractivity contribution >= 4 is 24.3 Å². The van der Waals surface area contributed by atoms with Crippen LogP contribution in [0.1, 0.15) is 24.4 Å². The lowest BCUT2D eigenvalue weighted by Crippen LogP contribution is -2.31. The fourth-order valence-electron chi connectivity index (χ4n) is 1.59. The fourth-order valence-corrected chi connectivity index (χ4v) is 1.59. The number of amides is 1. The first-order valence-electron chi connectivity index (χ1n) is 5.78. The molecule has 0 aromatic heterocycles. The number of methoxy groups -OCH3 is 1. The SMILES string of the molecule is COC(=O)CC(NC(=O)CCN)c1ccccc1.Cl. The van der Waals surface area contributed by atoms with Crippen molar-refractivity contribution < 1.29 is 14.3 Å². The molecule has 0 aliphatic heterocycles. The first-order chi connectivity index (χ1) is 8.67. The third-order valence-corrected chi connectivity index (χ3v) is 2.51. The Morgan fingerprint density at radius 3 is 2.47 bits per heavy atom. The van der Waals surface area contributed by atoms with E-state index in [1.165, 1.54) is 7.11 Å². The molecule has 106 valence electrons. The van der Waals surface area contributed by atoms with Crippen molar-refractivity contribution in [3.63, 3.8) is 0 Å². The molecule has 1 amide bonds. The van der Waals surface area contributed by atoms with Crippen LogP contribution in [0.4, 0.5) is 0 Å². The van der Waals surface area contributed by atoms with Crippen LogP contribution in [0, 0.1) is 0 Å². The Hall–Kier alpha value is -1.59. The number of carbonyl (C=O) groups excluding carboxylic acids is 2. The average molecular weight is 287 g/mol. The van der Waals surface area contributed by atoms with Crippen LogP contribution in [0.15, 0.2) is 30.3 Å². The van der Waals surface area contributed by atoms with Gasteiger partial charge in [0, 0.05) is 13.0 Å². The number of rotatable bonds is 6. The molecule has 0 saturated heterocycles. The van der Waals surface area contributed by atoms with Crippen molar-refractivity contribution in [2.24, 2.45) is 5.73 Å². The molecule has 1 unspecified atom stereocenters. The third kappa shape index (κ3) is 6.22. The first kappa shape index (κ1) is 17.4. The molecule has 0 aliphatic carbocycles. The van der Waals surface area contributed by atoms with E-state index in [1.807, 2.05) is 30.3 Å². The molecule has 0 radical (unpaired) electrons. The Labute approximate surface area is 118 Å². The number of nitrogens with one attached hydrogen (secondary N) is 1. The monoisotopic (exact) mass is 286 g/mol. The van der Waals surface area contributed by atoms with Crippen molar-refractivity contribution in [3.05, 3.63) is 35.9 Å². The number of ether oxygens (including phenoxy) is 1. The van der Waals surface area contributed by atoms with Gasteiger partial charge in [0.25, 0.3) is 0 Å². The molecule has 0 fully saturated rings. The van der Waals surface area contributed by atoms with Gasteiger partial charge < -0.3 is 15.8 Å². The summed E-state index contributed by atoms with van der Waals surface area (Å²) in [6.07, 6.45) is 0.349. The maximum atomic E-state index is 11.6. The van der Waals surface area contributed by atoms with Crippen LogP contribution in [0.3, 0.4) is 0 Å². The van der Waals surface area contributed by atoms with Gasteiger partial charge in [0.05, 0.1) is 19.6 Å². The van der Waals surface area contributed by atoms with Crippen molar-refractivity contribution in [3.8, 4) is 0 Å². The van der Waals surface area contributed by atoms with Crippen LogP contribution in [-0.4, -0.2) is 25.5 Å². The Balaban J connectivity index is 0.00000324. The van der Waals surface area contributed by atoms with E-state index in [2.05, 4.69) is 10.1 Å². The van der Waals surface area contributed by atoms with Gasteiger partial charge in [-0.15, -0.1) is 12.4 Å². The number of hydrogen-bond donors (Lipinski definition) is 2. The standard InChI is InChI=1S/C13H18N2O3.ClH/c1-18-13(17)9-11(15-12(16)7-8-14)10-5-3-2-4-6-10;/h2-6,11H,7-9,14H2,1H3,(H,15,16);1H. The Bertz CT molecular complexity index is 398. The quantitative estimate of drug-likeness (QED) is 0.770. The van der Waals surface area contributed by atoms with Gasteiger partial charge in [0.1, 0.15) is 0 Å². The van der Waals surface area contributed by atoms with Crippen LogP contribution in [0.5, 0.6) is 0 Å². The minimum Gasteiger partial charge on any atom is -0.469 e. The molecule has 3 N–H and O–H groups in total. The second-order valence-electron chi connectivity index (χ2n) is 3.85. The molecule has 1 rings (SSSR count). The summed E-state index contributed by atoms with van der Waals surface area (Å²) in [6.45, 7) is 0.283. The topological polar surface area (TPSA) is 81.4 Å². The summed E-state index contributed by atoms with van der Waals surface area (Å²) in [5.74, 6) is -0.535. The van der Waals surface area contributed by atoms with E-state index in [9.17, 15) is 9.59 Å². The second kappa shape index (κ2) is 9.35. The van der Waals surface area contributed by atoms with E-state index in [-0.39, 0.29) is 49.7 Å². The predicted octanol–water partition coefficient (Wildman–Crippen LogP) is 1.18. The normalized spacial score (nSPS) is 11.1. The molecule has 1 aromatic carbocycles. The Kier molecular flexibility index (Phi) is 8.57. The summed E-state index contributed by atoms with van der Waals surface area (Å²) in [4.78, 5) is 22.9. The molecule has 1 atom stereocenters. The zero-order valence-corrected chi connectivity index (χ0v) is 11.6. The number of esters is 1. The van der Waals surface area contributed by atoms with E-state index in [4.69, 9.17) is 5.73 Å². The van der Waals surface area contributed by atoms with Gasteiger partial charge in [0.15, 0.2) is 0 Å². The molecular weight excluding hydrogens is 268 g/mol. The maximum absolute atomic E-state index is 11.6. The highest BCUT2D eigenvalue weighted by Gasteiger charge is 2.18. The van der Waals surface area contributed by atoms with Gasteiger partial charge in [-0.2, -0.15) is 0 Å². The lowest BCUT2D eigenvalue weighted by Gasteiger charge is -2.18. The minimum atomic E-state index is -0.377. The molecule has 0 aliphatic rings. The highest BCUT2D eigenvalue weighted by atomic mass is 35.5. The second-order valence-corrected chi connectivity index (χ2v) is 3.85. The van der Waals surface area contributed by atoms with E-state index < -0.39 is 0 Å². The van der Waals surface area contributed by atoms with Crippen LogP contribution in [-0.2, 0) is 14.3 Å². The summed E-state index contributed by atoms with van der Waals surface area (Å²) in [6, 6.07) is 8.92. The summed E-state index contributed by atoms with van der Waals surface area (Å²) in [5, 5.41) is 2.78. The van der Waals surface area contributed by atoms with Crippen molar-refractivity contribution in [1.82, 2.24) is 5.32 Å². The van der Waals surface area contributed by atoms with E-state index in [0.717, 1.165) is 5.56 Å². The van der Waals surface area contributed by atoms with Crippen LogP contribution in [0.25, 0.3) is 0 Å². The highest BCUT2D eigenvalue weighted by molar-refractivity contribution is 5.85. The molecular formula is C13H19ClN2O3. The van der Waals surface area contributed by atoms with Gasteiger partial charge in [0.2, 0.25) is 5.91 Å². The molecule has 1 aromatic rings. The van der Waals surface area contributed by atoms with Gasteiger partial charge in [-0.25, -0.2) is 0 Å². The van der Waals surface area contributed by atoms with Crippen molar-refractivity contribution in [1.29, 1.82) is 0 Å². The van der Waals surface area contributed by atoms with Gasteiger partial charge in [-0.1, -0.05) is 30.3 Å². The van der Waals surface area contributed by atoms with Gasteiger partial charge in [-0.05, 0) is 5.56 Å². The smallest absolute Gasteiger partial charge is 0.307 e. The van der Waals surface area contributed by atoms with Crippen molar-refractivity contribution in [2.75, 3.05) is 13.7 Å². The molecule has 0 saturated carbocycles. The summed E-state index contributed by atoms with van der Waals surface area (Å²) < 4.78 is 4.63. The number of hydrogen-bond acceptors (Lipinski definition) is 4. The van der Waals surface area contributed by atoms with Crippen molar-refractivity contribution in [2.45, 2.75) is 18.9 Å². The molecule has 0 heterocycles. The molecule has 19 heavy (non-hydrogen) atoms. The van der Waals surface area contributed by atoms with E-state index >= 15 is 0 Å². The predicted molar refractivity (Wildman–Crippen MR) is 74.9 cm³/mol. The summed E-state index contributed by atoms with van der Waals surface area (Å²) in [5.41, 5.74) is 6.19. The molecule has 5 nitrogen and oxygen atoms in total. The summed E-state index contributed by atoms with van der Waals surface area (Å²) in [7, 11) is 1.33. The minimum absolute atomic E-state index is 0. The molecule has 6 heteroatoms. The van der Waals surface area contributed by atoms with Crippen LogP contribution >= 0.6 is 12.4 Å². The zero-order chi connectivity index (χ0) is 13.4. The number of benzene rings is 1.